The molecule has 0 saturated heterocycles. The first kappa shape index (κ1) is 11.3. The zero-order chi connectivity index (χ0) is 6.10. The molecular formula is C8H10Cl2Cr. The Balaban J connectivity index is 0.000000500. The second-order valence-corrected chi connectivity index (χ2v) is 4.20. The van der Waals surface area contributed by atoms with E-state index < -0.39 is 0 Å². The molecule has 2 aliphatic carbocycles. The topological polar surface area (TPSA) is 0 Å². The molecule has 0 atom stereocenters. The van der Waals surface area contributed by atoms with Gasteiger partial charge in [-0.3, -0.25) is 0 Å². The van der Waals surface area contributed by atoms with Crippen LogP contribution in [0.3, 0.4) is 0 Å². The van der Waals surface area contributed by atoms with Crippen molar-refractivity contribution in [1.82, 2.24) is 0 Å². The van der Waals surface area contributed by atoms with Crippen LogP contribution in [0.5, 0.6) is 0 Å². The largest absolute Gasteiger partial charge is 0.147 e. The van der Waals surface area contributed by atoms with Gasteiger partial charge in [0.2, 0.25) is 0 Å². The quantitative estimate of drug-likeness (QED) is 0.682. The normalized spacial score (nSPS) is 17.8. The van der Waals surface area contributed by atoms with Gasteiger partial charge in [-0.2, -0.15) is 0 Å². The Kier molecular flexibility index (Phi) is 5.22. The van der Waals surface area contributed by atoms with Gasteiger partial charge in [0.05, 0.1) is 0 Å². The van der Waals surface area contributed by atoms with Gasteiger partial charge in [0.15, 0.2) is 0 Å². The molecule has 0 unspecified atom stereocenters. The minimum absolute atomic E-state index is 0. The summed E-state index contributed by atoms with van der Waals surface area (Å²) in [7, 11) is 0. The van der Waals surface area contributed by atoms with E-state index in [0.29, 0.717) is 0 Å². The fourth-order valence-electron chi connectivity index (χ4n) is 0.797. The van der Waals surface area contributed by atoms with Gasteiger partial charge < -0.3 is 0 Å². The van der Waals surface area contributed by atoms with Gasteiger partial charge in [-0.1, -0.05) is 0 Å². The van der Waals surface area contributed by atoms with Gasteiger partial charge in [0, 0.05) is 0 Å². The second kappa shape index (κ2) is 5.06. The van der Waals surface area contributed by atoms with Crippen LogP contribution < -0.4 is 0 Å². The van der Waals surface area contributed by atoms with Gasteiger partial charge in [-0.15, -0.1) is 24.8 Å². The minimum Gasteiger partial charge on any atom is -0.147 e. The van der Waals surface area contributed by atoms with Crippen molar-refractivity contribution in [3.8, 4) is 0 Å². The Bertz CT molecular complexity index is 216. The Hall–Kier alpha value is 0.332. The van der Waals surface area contributed by atoms with Crippen molar-refractivity contribution >= 4 is 24.8 Å². The third kappa shape index (κ3) is 3.49. The molecule has 0 radical (unpaired) electrons. The van der Waals surface area contributed by atoms with Crippen molar-refractivity contribution in [2.45, 2.75) is 12.8 Å². The molecule has 0 N–H and O–H groups in total. The van der Waals surface area contributed by atoms with E-state index in [-0.39, 0.29) is 24.8 Å². The zero-order valence-corrected chi connectivity index (χ0v) is 8.86. The standard InChI is InChI=1S/C5H5.C3H3.2ClH.Cr/c1-2-4-5-3-1;1-2-3-1;;;/h1-3H,4H2;1H,2H2;2*1H;. The molecular weight excluding hydrogens is 219 g/mol. The molecule has 0 spiro atoms. The van der Waals surface area contributed by atoms with E-state index in [4.69, 9.17) is 0 Å². The van der Waals surface area contributed by atoms with E-state index in [0.717, 1.165) is 15.2 Å². The van der Waals surface area contributed by atoms with Crippen LogP contribution in [0.2, 0.25) is 0 Å². The maximum absolute atomic E-state index is 2.33. The molecule has 62 valence electrons. The van der Waals surface area contributed by atoms with Crippen LogP contribution in [-0.4, -0.2) is 0 Å². The molecule has 0 heterocycles. The Morgan fingerprint density at radius 2 is 1.82 bits per heavy atom. The monoisotopic (exact) mass is 228 g/mol. The van der Waals surface area contributed by atoms with Crippen LogP contribution in [0.25, 0.3) is 0 Å². The number of hydrogen-bond acceptors (Lipinski definition) is 0. The van der Waals surface area contributed by atoms with E-state index in [2.05, 4.69) is 24.3 Å². The summed E-state index contributed by atoms with van der Waals surface area (Å²) in [6.45, 7) is 0. The average molecular weight is 229 g/mol. The summed E-state index contributed by atoms with van der Waals surface area (Å²) in [5, 5.41) is 0. The fraction of sp³-hybridized carbons (Fsp3) is 0.250. The maximum Gasteiger partial charge on any atom is -0.147 e. The summed E-state index contributed by atoms with van der Waals surface area (Å²) in [6.07, 6.45) is 11.5. The van der Waals surface area contributed by atoms with Crippen molar-refractivity contribution in [2.24, 2.45) is 0 Å². The van der Waals surface area contributed by atoms with Crippen molar-refractivity contribution in [3.05, 3.63) is 33.2 Å². The smallest absolute Gasteiger partial charge is 0.147 e. The van der Waals surface area contributed by atoms with Gasteiger partial charge in [0.1, 0.15) is 0 Å². The van der Waals surface area contributed by atoms with Gasteiger partial charge in [-0.05, 0) is 0 Å². The summed E-state index contributed by atoms with van der Waals surface area (Å²) in [4.78, 5) is 0. The Morgan fingerprint density at radius 1 is 1.09 bits per heavy atom. The third-order valence-corrected chi connectivity index (χ3v) is 3.18. The molecule has 0 aliphatic heterocycles. The number of halogens is 2. The minimum atomic E-state index is 0. The van der Waals surface area contributed by atoms with Crippen molar-refractivity contribution < 1.29 is 15.2 Å². The molecule has 0 saturated carbocycles. The molecule has 11 heavy (non-hydrogen) atoms. The SMILES string of the molecule is C1=CC[C]([Cr][C]2=CC2)=C1.Cl.Cl. The number of rotatable bonds is 2. The first-order valence-electron chi connectivity index (χ1n) is 3.18. The van der Waals surface area contributed by atoms with Crippen LogP contribution in [0, 0.1) is 0 Å². The summed E-state index contributed by atoms with van der Waals surface area (Å²) in [5.74, 6) is 0. The van der Waals surface area contributed by atoms with Crippen LogP contribution in [0.4, 0.5) is 0 Å². The van der Waals surface area contributed by atoms with E-state index in [1.54, 1.807) is 8.87 Å². The van der Waals surface area contributed by atoms with Crippen LogP contribution >= 0.6 is 24.8 Å². The van der Waals surface area contributed by atoms with Crippen LogP contribution in [-0.2, 0) is 15.2 Å². The van der Waals surface area contributed by atoms with E-state index >= 15 is 0 Å². The zero-order valence-electron chi connectivity index (χ0n) is 5.95. The van der Waals surface area contributed by atoms with Gasteiger partial charge in [0.25, 0.3) is 0 Å². The predicted molar refractivity (Wildman–Crippen MR) is 49.0 cm³/mol. The van der Waals surface area contributed by atoms with E-state index in [1.807, 2.05) is 0 Å². The second-order valence-electron chi connectivity index (χ2n) is 2.24. The molecule has 0 nitrogen and oxygen atoms in total. The molecule has 0 fully saturated rings. The van der Waals surface area contributed by atoms with Crippen molar-refractivity contribution in [3.63, 3.8) is 0 Å². The van der Waals surface area contributed by atoms with Gasteiger partial charge in [-0.25, -0.2) is 0 Å². The van der Waals surface area contributed by atoms with Gasteiger partial charge >= 0.3 is 61.2 Å². The molecule has 0 amide bonds. The summed E-state index contributed by atoms with van der Waals surface area (Å²) < 4.78 is 3.34. The summed E-state index contributed by atoms with van der Waals surface area (Å²) in [6, 6.07) is 0. The predicted octanol–water partition coefficient (Wildman–Crippen LogP) is 3.04. The van der Waals surface area contributed by atoms with Crippen LogP contribution in [0.15, 0.2) is 33.2 Å². The number of allylic oxidation sites excluding steroid dienone is 6. The van der Waals surface area contributed by atoms with E-state index in [1.165, 1.54) is 12.8 Å². The summed E-state index contributed by atoms with van der Waals surface area (Å²) >= 11 is 0.726. The average Bonchev–Trinajstić information content (AvgIpc) is 2.46. The molecule has 2 rings (SSSR count). The maximum atomic E-state index is 2.33. The first-order valence-corrected chi connectivity index (χ1v) is 4.45. The Morgan fingerprint density at radius 3 is 2.27 bits per heavy atom. The fourth-order valence-corrected chi connectivity index (χ4v) is 2.22. The van der Waals surface area contributed by atoms with Crippen molar-refractivity contribution in [2.75, 3.05) is 0 Å². The molecule has 2 aliphatic rings. The molecule has 0 aromatic carbocycles. The van der Waals surface area contributed by atoms with Crippen molar-refractivity contribution in [1.29, 1.82) is 0 Å². The Labute approximate surface area is 86.0 Å². The third-order valence-electron chi connectivity index (χ3n) is 1.37. The van der Waals surface area contributed by atoms with E-state index in [9.17, 15) is 0 Å². The summed E-state index contributed by atoms with van der Waals surface area (Å²) in [5.41, 5.74) is 0. The molecule has 0 aromatic heterocycles. The molecule has 3 heteroatoms. The molecule has 0 aromatic rings. The molecule has 0 bridgehead atoms. The first-order chi connectivity index (χ1) is 4.45. The number of hydrogen-bond donors (Lipinski definition) is 0. The van der Waals surface area contributed by atoms with Crippen LogP contribution in [0.1, 0.15) is 12.8 Å².